The SMILES string of the molecule is COC(=O)c1cc(N)cnc1N1CCN2C(=O)NCC2C1. The number of anilines is 2. The number of aromatic nitrogens is 1. The van der Waals surface area contributed by atoms with E-state index in [-0.39, 0.29) is 12.1 Å². The van der Waals surface area contributed by atoms with Crippen molar-refractivity contribution in [2.24, 2.45) is 0 Å². The predicted molar refractivity (Wildman–Crippen MR) is 76.1 cm³/mol. The van der Waals surface area contributed by atoms with Gasteiger partial charge in [-0.05, 0) is 6.07 Å². The van der Waals surface area contributed by atoms with Crippen molar-refractivity contribution in [1.29, 1.82) is 0 Å². The Labute approximate surface area is 121 Å². The van der Waals surface area contributed by atoms with Gasteiger partial charge in [0.05, 0.1) is 25.0 Å². The van der Waals surface area contributed by atoms with Crippen LogP contribution >= 0.6 is 0 Å². The lowest BCUT2D eigenvalue weighted by Gasteiger charge is -2.37. The van der Waals surface area contributed by atoms with Crippen molar-refractivity contribution in [2.75, 3.05) is 43.9 Å². The van der Waals surface area contributed by atoms with Crippen LogP contribution in [0.4, 0.5) is 16.3 Å². The van der Waals surface area contributed by atoms with Gasteiger partial charge < -0.3 is 25.6 Å². The minimum Gasteiger partial charge on any atom is -0.465 e. The number of nitrogens with one attached hydrogen (secondary N) is 1. The number of carbonyl (C=O) groups excluding carboxylic acids is 2. The number of fused-ring (bicyclic) bond motifs is 1. The summed E-state index contributed by atoms with van der Waals surface area (Å²) in [4.78, 5) is 31.6. The van der Waals surface area contributed by atoms with E-state index in [0.29, 0.717) is 43.2 Å². The third-order valence-electron chi connectivity index (χ3n) is 3.83. The molecule has 2 amide bonds. The second-order valence-electron chi connectivity index (χ2n) is 5.11. The molecule has 1 unspecified atom stereocenters. The van der Waals surface area contributed by atoms with Gasteiger partial charge >= 0.3 is 12.0 Å². The standard InChI is InChI=1S/C13H17N5O3/c1-21-12(19)10-4-8(14)5-15-11(10)17-2-3-18-9(7-17)6-16-13(18)20/h4-5,9H,2-3,6-7,14H2,1H3,(H,16,20). The lowest BCUT2D eigenvalue weighted by atomic mass is 10.1. The van der Waals surface area contributed by atoms with Crippen molar-refractivity contribution in [3.05, 3.63) is 17.8 Å². The number of hydrogen-bond donors (Lipinski definition) is 2. The first-order chi connectivity index (χ1) is 10.1. The Morgan fingerprint density at radius 2 is 2.33 bits per heavy atom. The van der Waals surface area contributed by atoms with Gasteiger partial charge in [0, 0.05) is 26.2 Å². The molecule has 0 aromatic carbocycles. The third-order valence-corrected chi connectivity index (χ3v) is 3.83. The molecule has 8 nitrogen and oxygen atoms in total. The number of urea groups is 1. The number of esters is 1. The summed E-state index contributed by atoms with van der Waals surface area (Å²) in [5.74, 6) is 0.0860. The number of pyridine rings is 1. The Hall–Kier alpha value is -2.51. The number of ether oxygens (including phenoxy) is 1. The average Bonchev–Trinajstić information content (AvgIpc) is 2.87. The summed E-state index contributed by atoms with van der Waals surface area (Å²) in [6, 6.07) is 1.63. The third kappa shape index (κ3) is 2.32. The molecule has 0 aliphatic carbocycles. The number of hydrogen-bond acceptors (Lipinski definition) is 6. The molecule has 2 aliphatic heterocycles. The Kier molecular flexibility index (Phi) is 3.28. The highest BCUT2D eigenvalue weighted by Crippen LogP contribution is 2.24. The minimum atomic E-state index is -0.465. The molecular formula is C13H17N5O3. The van der Waals surface area contributed by atoms with Gasteiger partial charge in [0.1, 0.15) is 11.4 Å². The van der Waals surface area contributed by atoms with Gasteiger partial charge in [-0.2, -0.15) is 0 Å². The van der Waals surface area contributed by atoms with Gasteiger partial charge in [0.2, 0.25) is 0 Å². The molecule has 0 spiro atoms. The molecular weight excluding hydrogens is 274 g/mol. The van der Waals surface area contributed by atoms with Crippen molar-refractivity contribution in [3.63, 3.8) is 0 Å². The Balaban J connectivity index is 1.87. The minimum absolute atomic E-state index is 0.0295. The number of amides is 2. The maximum Gasteiger partial charge on any atom is 0.341 e. The highest BCUT2D eigenvalue weighted by molar-refractivity contribution is 5.95. The number of nitrogens with two attached hydrogens (primary N) is 1. The van der Waals surface area contributed by atoms with E-state index in [1.807, 2.05) is 9.80 Å². The van der Waals surface area contributed by atoms with Crippen LogP contribution in [0.3, 0.4) is 0 Å². The monoisotopic (exact) mass is 291 g/mol. The van der Waals surface area contributed by atoms with Crippen molar-refractivity contribution >= 4 is 23.5 Å². The molecule has 8 heteroatoms. The molecule has 3 rings (SSSR count). The van der Waals surface area contributed by atoms with Crippen LogP contribution in [0.15, 0.2) is 12.3 Å². The molecule has 1 aromatic heterocycles. The van der Waals surface area contributed by atoms with E-state index < -0.39 is 5.97 Å². The Morgan fingerprint density at radius 3 is 3.10 bits per heavy atom. The zero-order valence-electron chi connectivity index (χ0n) is 11.7. The smallest absolute Gasteiger partial charge is 0.341 e. The fourth-order valence-corrected chi connectivity index (χ4v) is 2.78. The van der Waals surface area contributed by atoms with E-state index in [1.54, 1.807) is 6.07 Å². The zero-order valence-corrected chi connectivity index (χ0v) is 11.7. The molecule has 0 radical (unpaired) electrons. The highest BCUT2D eigenvalue weighted by Gasteiger charge is 2.36. The van der Waals surface area contributed by atoms with Crippen LogP contribution in [0.1, 0.15) is 10.4 Å². The fraction of sp³-hybridized carbons (Fsp3) is 0.462. The van der Waals surface area contributed by atoms with Crippen LogP contribution in [-0.4, -0.2) is 61.2 Å². The van der Waals surface area contributed by atoms with Gasteiger partial charge in [-0.1, -0.05) is 0 Å². The quantitative estimate of drug-likeness (QED) is 0.723. The zero-order chi connectivity index (χ0) is 15.0. The summed E-state index contributed by atoms with van der Waals surface area (Å²) in [6.07, 6.45) is 1.52. The predicted octanol–water partition coefficient (Wildman–Crippen LogP) is -0.336. The number of nitrogens with zero attached hydrogens (tertiary/aromatic N) is 3. The summed E-state index contributed by atoms with van der Waals surface area (Å²) in [5, 5.41) is 2.82. The largest absolute Gasteiger partial charge is 0.465 e. The fourth-order valence-electron chi connectivity index (χ4n) is 2.78. The summed E-state index contributed by atoms with van der Waals surface area (Å²) in [6.45, 7) is 2.45. The maximum atomic E-state index is 11.9. The average molecular weight is 291 g/mol. The lowest BCUT2D eigenvalue weighted by Crippen LogP contribution is -2.52. The molecule has 3 heterocycles. The van der Waals surface area contributed by atoms with Crippen molar-refractivity contribution in [1.82, 2.24) is 15.2 Å². The molecule has 0 bridgehead atoms. The Morgan fingerprint density at radius 1 is 1.52 bits per heavy atom. The summed E-state index contributed by atoms with van der Waals surface area (Å²) < 4.78 is 4.79. The van der Waals surface area contributed by atoms with Crippen LogP contribution in [0.25, 0.3) is 0 Å². The topological polar surface area (TPSA) is 101 Å². The molecule has 2 aliphatic rings. The van der Waals surface area contributed by atoms with E-state index in [4.69, 9.17) is 10.5 Å². The molecule has 2 saturated heterocycles. The number of methoxy groups -OCH3 is 1. The van der Waals surface area contributed by atoms with E-state index >= 15 is 0 Å². The van der Waals surface area contributed by atoms with E-state index in [2.05, 4.69) is 10.3 Å². The van der Waals surface area contributed by atoms with Crippen LogP contribution in [0, 0.1) is 0 Å². The molecule has 1 aromatic rings. The van der Waals surface area contributed by atoms with Gasteiger partial charge in [0.25, 0.3) is 0 Å². The van der Waals surface area contributed by atoms with Crippen LogP contribution in [-0.2, 0) is 4.74 Å². The molecule has 0 saturated carbocycles. The Bertz CT molecular complexity index is 591. The first kappa shape index (κ1) is 13.5. The number of piperazine rings is 1. The lowest BCUT2D eigenvalue weighted by molar-refractivity contribution is 0.0600. The van der Waals surface area contributed by atoms with Gasteiger partial charge in [-0.15, -0.1) is 0 Å². The van der Waals surface area contributed by atoms with Crippen molar-refractivity contribution in [2.45, 2.75) is 6.04 Å². The van der Waals surface area contributed by atoms with E-state index in [9.17, 15) is 9.59 Å². The van der Waals surface area contributed by atoms with E-state index in [1.165, 1.54) is 13.3 Å². The molecule has 1 atom stereocenters. The summed E-state index contributed by atoms with van der Waals surface area (Å²) in [5.41, 5.74) is 6.46. The number of nitrogen functional groups attached to an aromatic ring is 1. The first-order valence-corrected chi connectivity index (χ1v) is 6.73. The second-order valence-corrected chi connectivity index (χ2v) is 5.11. The number of carbonyl (C=O) groups is 2. The van der Waals surface area contributed by atoms with Crippen molar-refractivity contribution in [3.8, 4) is 0 Å². The molecule has 21 heavy (non-hydrogen) atoms. The second kappa shape index (κ2) is 5.12. The maximum absolute atomic E-state index is 11.9. The summed E-state index contributed by atoms with van der Waals surface area (Å²) in [7, 11) is 1.33. The van der Waals surface area contributed by atoms with Gasteiger partial charge in [-0.3, -0.25) is 0 Å². The van der Waals surface area contributed by atoms with Crippen molar-refractivity contribution < 1.29 is 14.3 Å². The van der Waals surface area contributed by atoms with Crippen LogP contribution < -0.4 is 16.0 Å². The van der Waals surface area contributed by atoms with Crippen LogP contribution in [0.5, 0.6) is 0 Å². The number of rotatable bonds is 2. The molecule has 3 N–H and O–H groups in total. The molecule has 2 fully saturated rings. The molecule has 112 valence electrons. The van der Waals surface area contributed by atoms with Gasteiger partial charge in [-0.25, -0.2) is 14.6 Å². The summed E-state index contributed by atoms with van der Waals surface area (Å²) >= 11 is 0. The van der Waals surface area contributed by atoms with E-state index in [0.717, 1.165) is 0 Å². The van der Waals surface area contributed by atoms with Crippen LogP contribution in [0.2, 0.25) is 0 Å². The highest BCUT2D eigenvalue weighted by atomic mass is 16.5. The van der Waals surface area contributed by atoms with Gasteiger partial charge in [0.15, 0.2) is 0 Å². The first-order valence-electron chi connectivity index (χ1n) is 6.73. The normalized spacial score (nSPS) is 21.0.